The summed E-state index contributed by atoms with van der Waals surface area (Å²) in [7, 11) is 0. The molecule has 1 aromatic rings. The summed E-state index contributed by atoms with van der Waals surface area (Å²) in [4.78, 5) is 0. The van der Waals surface area contributed by atoms with Crippen LogP contribution in [0.2, 0.25) is 0 Å². The summed E-state index contributed by atoms with van der Waals surface area (Å²) in [6, 6.07) is 7.24. The van der Waals surface area contributed by atoms with Crippen LogP contribution in [0, 0.1) is 5.82 Å². The molecule has 3 heteroatoms. The van der Waals surface area contributed by atoms with Crippen molar-refractivity contribution < 1.29 is 4.39 Å². The fraction of sp³-hybridized carbons (Fsp3) is 0.500. The van der Waals surface area contributed by atoms with E-state index in [1.807, 2.05) is 12.1 Å². The van der Waals surface area contributed by atoms with Gasteiger partial charge in [-0.1, -0.05) is 12.1 Å². The summed E-state index contributed by atoms with van der Waals surface area (Å²) in [5.41, 5.74) is 1.14. The number of rotatable bonds is 3. The molecule has 1 aliphatic heterocycles. The highest BCUT2D eigenvalue weighted by Gasteiger charge is 2.11. The molecule has 0 aromatic heterocycles. The topological polar surface area (TPSA) is 24.1 Å². The minimum absolute atomic E-state index is 0.168. The smallest absolute Gasteiger partial charge is 0.123 e. The Kier molecular flexibility index (Phi) is 3.69. The first kappa shape index (κ1) is 10.6. The van der Waals surface area contributed by atoms with Crippen LogP contribution in [-0.2, 0) is 6.54 Å². The lowest BCUT2D eigenvalue weighted by Gasteiger charge is -2.23. The van der Waals surface area contributed by atoms with Crippen LogP contribution >= 0.6 is 0 Å². The molecule has 2 N–H and O–H groups in total. The maximum Gasteiger partial charge on any atom is 0.123 e. The monoisotopic (exact) mass is 208 g/mol. The predicted octanol–water partition coefficient (Wildman–Crippen LogP) is 1.67. The minimum atomic E-state index is -0.168. The molecule has 1 unspecified atom stereocenters. The lowest BCUT2D eigenvalue weighted by atomic mass is 10.1. The van der Waals surface area contributed by atoms with Crippen molar-refractivity contribution in [2.24, 2.45) is 0 Å². The first-order chi connectivity index (χ1) is 7.34. The SMILES string of the molecule is Fc1ccc(CNC2CCCNC2)cc1. The lowest BCUT2D eigenvalue weighted by molar-refractivity contribution is 0.389. The van der Waals surface area contributed by atoms with E-state index < -0.39 is 0 Å². The van der Waals surface area contributed by atoms with Crippen molar-refractivity contribution in [3.05, 3.63) is 35.6 Å². The zero-order valence-electron chi connectivity index (χ0n) is 8.80. The quantitative estimate of drug-likeness (QED) is 0.789. The summed E-state index contributed by atoms with van der Waals surface area (Å²) in [6.07, 6.45) is 2.47. The summed E-state index contributed by atoms with van der Waals surface area (Å²) < 4.78 is 12.7. The van der Waals surface area contributed by atoms with Crippen LogP contribution in [0.3, 0.4) is 0 Å². The van der Waals surface area contributed by atoms with Gasteiger partial charge in [-0.05, 0) is 37.1 Å². The van der Waals surface area contributed by atoms with Gasteiger partial charge in [-0.3, -0.25) is 0 Å². The van der Waals surface area contributed by atoms with Crippen LogP contribution < -0.4 is 10.6 Å². The van der Waals surface area contributed by atoms with E-state index in [-0.39, 0.29) is 5.82 Å². The minimum Gasteiger partial charge on any atom is -0.315 e. The average Bonchev–Trinajstić information content (AvgIpc) is 2.30. The molecule has 1 aliphatic rings. The van der Waals surface area contributed by atoms with Crippen molar-refractivity contribution in [2.75, 3.05) is 13.1 Å². The molecule has 1 fully saturated rings. The molecule has 15 heavy (non-hydrogen) atoms. The molecule has 1 saturated heterocycles. The molecular weight excluding hydrogens is 191 g/mol. The van der Waals surface area contributed by atoms with E-state index in [0.29, 0.717) is 6.04 Å². The number of hydrogen-bond acceptors (Lipinski definition) is 2. The Morgan fingerprint density at radius 1 is 1.33 bits per heavy atom. The van der Waals surface area contributed by atoms with Gasteiger partial charge in [0.15, 0.2) is 0 Å². The third-order valence-electron chi connectivity index (χ3n) is 2.80. The number of nitrogens with one attached hydrogen (secondary N) is 2. The standard InChI is InChI=1S/C12H17FN2/c13-11-5-3-10(4-6-11)8-15-12-2-1-7-14-9-12/h3-6,12,14-15H,1-2,7-9H2. The highest BCUT2D eigenvalue weighted by atomic mass is 19.1. The normalized spacial score (nSPS) is 21.5. The summed E-state index contributed by atoms with van der Waals surface area (Å²) in [5, 5.41) is 6.83. The highest BCUT2D eigenvalue weighted by molar-refractivity contribution is 5.15. The van der Waals surface area contributed by atoms with E-state index in [0.717, 1.165) is 25.2 Å². The molecule has 0 bridgehead atoms. The largest absolute Gasteiger partial charge is 0.315 e. The van der Waals surface area contributed by atoms with Crippen LogP contribution in [0.1, 0.15) is 18.4 Å². The number of piperidine rings is 1. The number of hydrogen-bond donors (Lipinski definition) is 2. The molecule has 0 amide bonds. The molecule has 2 rings (SSSR count). The molecule has 2 nitrogen and oxygen atoms in total. The molecule has 82 valence electrons. The predicted molar refractivity (Wildman–Crippen MR) is 59.1 cm³/mol. The van der Waals surface area contributed by atoms with Crippen molar-refractivity contribution in [1.82, 2.24) is 10.6 Å². The zero-order valence-corrected chi connectivity index (χ0v) is 8.80. The fourth-order valence-electron chi connectivity index (χ4n) is 1.89. The summed E-state index contributed by atoms with van der Waals surface area (Å²) in [6.45, 7) is 3.00. The molecule has 1 atom stereocenters. The first-order valence-electron chi connectivity index (χ1n) is 5.53. The second-order valence-electron chi connectivity index (χ2n) is 4.05. The van der Waals surface area contributed by atoms with Crippen LogP contribution in [0.15, 0.2) is 24.3 Å². The van der Waals surface area contributed by atoms with Crippen LogP contribution in [0.25, 0.3) is 0 Å². The van der Waals surface area contributed by atoms with Gasteiger partial charge in [-0.25, -0.2) is 4.39 Å². The van der Waals surface area contributed by atoms with Gasteiger partial charge in [0.25, 0.3) is 0 Å². The van der Waals surface area contributed by atoms with E-state index in [4.69, 9.17) is 0 Å². The van der Waals surface area contributed by atoms with E-state index in [2.05, 4.69) is 10.6 Å². The Labute approximate surface area is 89.9 Å². The van der Waals surface area contributed by atoms with Crippen molar-refractivity contribution in [3.8, 4) is 0 Å². The van der Waals surface area contributed by atoms with Crippen LogP contribution in [0.5, 0.6) is 0 Å². The van der Waals surface area contributed by atoms with Crippen molar-refractivity contribution in [2.45, 2.75) is 25.4 Å². The summed E-state index contributed by atoms with van der Waals surface area (Å²) >= 11 is 0. The van der Waals surface area contributed by atoms with Crippen molar-refractivity contribution >= 4 is 0 Å². The third-order valence-corrected chi connectivity index (χ3v) is 2.80. The second kappa shape index (κ2) is 5.24. The molecular formula is C12H17FN2. The first-order valence-corrected chi connectivity index (χ1v) is 5.53. The van der Waals surface area contributed by atoms with Gasteiger partial charge in [0.1, 0.15) is 5.82 Å². The van der Waals surface area contributed by atoms with Gasteiger partial charge in [0.05, 0.1) is 0 Å². The third kappa shape index (κ3) is 3.29. The highest BCUT2D eigenvalue weighted by Crippen LogP contribution is 2.05. The molecule has 0 aliphatic carbocycles. The van der Waals surface area contributed by atoms with Gasteiger partial charge in [-0.15, -0.1) is 0 Å². The maximum atomic E-state index is 12.7. The Bertz CT molecular complexity index is 291. The van der Waals surface area contributed by atoms with Gasteiger partial charge in [-0.2, -0.15) is 0 Å². The number of benzene rings is 1. The molecule has 0 radical (unpaired) electrons. The van der Waals surface area contributed by atoms with E-state index in [9.17, 15) is 4.39 Å². The molecule has 0 spiro atoms. The van der Waals surface area contributed by atoms with E-state index in [1.54, 1.807) is 0 Å². The Morgan fingerprint density at radius 3 is 2.80 bits per heavy atom. The van der Waals surface area contributed by atoms with Crippen molar-refractivity contribution in [1.29, 1.82) is 0 Å². The van der Waals surface area contributed by atoms with Gasteiger partial charge in [0, 0.05) is 19.1 Å². The maximum absolute atomic E-state index is 12.7. The average molecular weight is 208 g/mol. The van der Waals surface area contributed by atoms with E-state index >= 15 is 0 Å². The van der Waals surface area contributed by atoms with Gasteiger partial charge < -0.3 is 10.6 Å². The van der Waals surface area contributed by atoms with Gasteiger partial charge >= 0.3 is 0 Å². The van der Waals surface area contributed by atoms with Crippen LogP contribution in [-0.4, -0.2) is 19.1 Å². The Morgan fingerprint density at radius 2 is 2.13 bits per heavy atom. The molecule has 1 heterocycles. The fourth-order valence-corrected chi connectivity index (χ4v) is 1.89. The second-order valence-corrected chi connectivity index (χ2v) is 4.05. The number of halogens is 1. The Balaban J connectivity index is 1.79. The Hall–Kier alpha value is -0.930. The van der Waals surface area contributed by atoms with Gasteiger partial charge in [0.2, 0.25) is 0 Å². The van der Waals surface area contributed by atoms with Crippen LogP contribution in [0.4, 0.5) is 4.39 Å². The molecule has 0 saturated carbocycles. The van der Waals surface area contributed by atoms with Crippen molar-refractivity contribution in [3.63, 3.8) is 0 Å². The molecule has 1 aromatic carbocycles. The lowest BCUT2D eigenvalue weighted by Crippen LogP contribution is -2.42. The zero-order chi connectivity index (χ0) is 10.5. The van der Waals surface area contributed by atoms with E-state index in [1.165, 1.54) is 25.0 Å². The summed E-state index contributed by atoms with van der Waals surface area (Å²) in [5.74, 6) is -0.168.